The van der Waals surface area contributed by atoms with E-state index in [9.17, 15) is 17.6 Å². The van der Waals surface area contributed by atoms with Crippen LogP contribution in [0.3, 0.4) is 0 Å². The van der Waals surface area contributed by atoms with E-state index in [1.165, 1.54) is 30.5 Å². The molecule has 1 atom stereocenters. The number of aromatic nitrogens is 1. The van der Waals surface area contributed by atoms with Crippen LogP contribution >= 0.6 is 0 Å². The summed E-state index contributed by atoms with van der Waals surface area (Å²) in [6.07, 6.45) is -3.59. The summed E-state index contributed by atoms with van der Waals surface area (Å²) in [5.74, 6) is 0.383. The van der Waals surface area contributed by atoms with E-state index in [2.05, 4.69) is 4.98 Å². The van der Waals surface area contributed by atoms with Gasteiger partial charge in [0.15, 0.2) is 0 Å². The summed E-state index contributed by atoms with van der Waals surface area (Å²) >= 11 is 0. The molecule has 1 unspecified atom stereocenters. The van der Waals surface area contributed by atoms with Gasteiger partial charge in [0.05, 0.1) is 5.56 Å². The molecule has 27 heavy (non-hydrogen) atoms. The molecular weight excluding hydrogens is 360 g/mol. The number of ether oxygens (including phenoxy) is 1. The van der Waals surface area contributed by atoms with Crippen LogP contribution in [-0.4, -0.2) is 17.1 Å². The molecule has 0 fully saturated rings. The first-order valence-electron chi connectivity index (χ1n) is 8.67. The Balaban J connectivity index is 2.28. The van der Waals surface area contributed by atoms with E-state index in [0.717, 1.165) is 0 Å². The van der Waals surface area contributed by atoms with Gasteiger partial charge in [0.25, 0.3) is 12.9 Å². The van der Waals surface area contributed by atoms with E-state index in [1.807, 2.05) is 20.8 Å². The highest BCUT2D eigenvalue weighted by molar-refractivity contribution is 5.66. The van der Waals surface area contributed by atoms with E-state index >= 15 is 0 Å². The zero-order chi connectivity index (χ0) is 20.2. The first-order chi connectivity index (χ1) is 12.6. The quantitative estimate of drug-likeness (QED) is 0.588. The van der Waals surface area contributed by atoms with Crippen LogP contribution in [0.15, 0.2) is 36.5 Å². The Morgan fingerprint density at radius 2 is 1.70 bits per heavy atom. The van der Waals surface area contributed by atoms with Gasteiger partial charge in [-0.05, 0) is 54.7 Å². The first kappa shape index (κ1) is 21.2. The highest BCUT2D eigenvalue weighted by atomic mass is 19.3. The van der Waals surface area contributed by atoms with Crippen molar-refractivity contribution in [2.24, 2.45) is 11.7 Å². The number of nitrogens with zero attached hydrogens (tertiary/aromatic N) is 1. The van der Waals surface area contributed by atoms with Gasteiger partial charge in [-0.15, -0.1) is 0 Å². The number of rotatable bonds is 8. The summed E-state index contributed by atoms with van der Waals surface area (Å²) in [4.78, 5) is 3.58. The molecule has 148 valence electrons. The van der Waals surface area contributed by atoms with Gasteiger partial charge < -0.3 is 10.5 Å². The van der Waals surface area contributed by atoms with E-state index < -0.39 is 24.1 Å². The molecule has 0 saturated heterocycles. The van der Waals surface area contributed by atoms with Gasteiger partial charge in [0, 0.05) is 11.7 Å². The van der Waals surface area contributed by atoms with E-state index in [1.54, 1.807) is 6.07 Å². The van der Waals surface area contributed by atoms with Crippen LogP contribution in [0.5, 0.6) is 5.75 Å². The third-order valence-electron chi connectivity index (χ3n) is 4.01. The van der Waals surface area contributed by atoms with Crippen LogP contribution in [0.4, 0.5) is 17.6 Å². The van der Waals surface area contributed by atoms with Crippen LogP contribution in [-0.2, 0) is 0 Å². The average molecular weight is 384 g/mol. The second kappa shape index (κ2) is 8.69. The molecule has 1 heterocycles. The lowest BCUT2D eigenvalue weighted by Crippen LogP contribution is -2.43. The number of hydrogen-bond donors (Lipinski definition) is 1. The van der Waals surface area contributed by atoms with Gasteiger partial charge in [-0.25, -0.2) is 17.6 Å². The van der Waals surface area contributed by atoms with Crippen molar-refractivity contribution < 1.29 is 22.3 Å². The van der Waals surface area contributed by atoms with E-state index in [-0.39, 0.29) is 17.9 Å². The minimum Gasteiger partial charge on any atom is -0.491 e. The Morgan fingerprint density at radius 3 is 2.30 bits per heavy atom. The Labute approximate surface area is 156 Å². The fourth-order valence-corrected chi connectivity index (χ4v) is 3.01. The van der Waals surface area contributed by atoms with Crippen molar-refractivity contribution in [1.29, 1.82) is 0 Å². The average Bonchev–Trinajstić information content (AvgIpc) is 2.58. The van der Waals surface area contributed by atoms with Gasteiger partial charge in [0.1, 0.15) is 18.1 Å². The van der Waals surface area contributed by atoms with E-state index in [4.69, 9.17) is 10.5 Å². The van der Waals surface area contributed by atoms with Crippen molar-refractivity contribution in [3.8, 4) is 16.9 Å². The van der Waals surface area contributed by atoms with Crippen molar-refractivity contribution in [2.75, 3.05) is 6.61 Å². The summed E-state index contributed by atoms with van der Waals surface area (Å²) in [6.45, 7) is 5.95. The van der Waals surface area contributed by atoms with Gasteiger partial charge in [0.2, 0.25) is 0 Å². The summed E-state index contributed by atoms with van der Waals surface area (Å²) in [7, 11) is 0. The number of alkyl halides is 4. The fraction of sp³-hybridized carbons (Fsp3) is 0.450. The van der Waals surface area contributed by atoms with Gasteiger partial charge in [-0.1, -0.05) is 19.9 Å². The lowest BCUT2D eigenvalue weighted by atomic mass is 9.93. The zero-order valence-electron chi connectivity index (χ0n) is 15.6. The monoisotopic (exact) mass is 384 g/mol. The van der Waals surface area contributed by atoms with Crippen molar-refractivity contribution >= 4 is 0 Å². The molecule has 1 aromatic carbocycles. The summed E-state index contributed by atoms with van der Waals surface area (Å²) in [6, 6.07) is 6.92. The number of halogens is 4. The summed E-state index contributed by atoms with van der Waals surface area (Å²) < 4.78 is 58.3. The molecule has 2 N–H and O–H groups in total. The molecule has 0 radical (unpaired) electrons. The third kappa shape index (κ3) is 5.92. The zero-order valence-corrected chi connectivity index (χ0v) is 15.6. The van der Waals surface area contributed by atoms with Gasteiger partial charge in [-0.2, -0.15) is 0 Å². The molecule has 0 aliphatic heterocycles. The largest absolute Gasteiger partial charge is 0.491 e. The molecule has 0 spiro atoms. The van der Waals surface area contributed by atoms with Crippen LogP contribution in [0, 0.1) is 5.92 Å². The predicted octanol–water partition coefficient (Wildman–Crippen LogP) is 5.77. The Kier molecular flexibility index (Phi) is 6.81. The van der Waals surface area contributed by atoms with Gasteiger partial charge >= 0.3 is 0 Å². The van der Waals surface area contributed by atoms with Crippen molar-refractivity contribution in [2.45, 2.75) is 45.6 Å². The summed E-state index contributed by atoms with van der Waals surface area (Å²) in [5, 5.41) is 0. The van der Waals surface area contributed by atoms with Crippen molar-refractivity contribution in [3.63, 3.8) is 0 Å². The fourth-order valence-electron chi connectivity index (χ4n) is 3.01. The Hall–Kier alpha value is -2.15. The SMILES string of the molecule is CC(C)CC(C)(N)COc1ccc(-c2ccnc(C(F)F)c2)cc1C(F)F. The number of pyridine rings is 1. The van der Waals surface area contributed by atoms with Crippen LogP contribution < -0.4 is 10.5 Å². The second-order valence-corrected chi connectivity index (χ2v) is 7.36. The molecule has 0 aliphatic rings. The molecule has 1 aromatic heterocycles. The van der Waals surface area contributed by atoms with Crippen LogP contribution in [0.2, 0.25) is 0 Å². The molecule has 2 rings (SSSR count). The number of nitrogens with two attached hydrogens (primary N) is 1. The third-order valence-corrected chi connectivity index (χ3v) is 4.01. The minimum absolute atomic E-state index is 0.0392. The molecular formula is C20H24F4N2O. The molecule has 0 amide bonds. The maximum atomic E-state index is 13.5. The molecule has 0 aliphatic carbocycles. The standard InChI is InChI=1S/C20H24F4N2O/c1-12(2)10-20(3,25)11-27-17-5-4-13(8-15(17)18(21)22)14-6-7-26-16(9-14)19(23)24/h4-9,12,18-19H,10-11,25H2,1-3H3. The van der Waals surface area contributed by atoms with Crippen LogP contribution in [0.1, 0.15) is 51.3 Å². The minimum atomic E-state index is -2.77. The maximum Gasteiger partial charge on any atom is 0.280 e. The molecule has 2 aromatic rings. The molecule has 0 saturated carbocycles. The van der Waals surface area contributed by atoms with Gasteiger partial charge in [-0.3, -0.25) is 4.98 Å². The van der Waals surface area contributed by atoms with Crippen molar-refractivity contribution in [3.05, 3.63) is 47.8 Å². The highest BCUT2D eigenvalue weighted by Gasteiger charge is 2.23. The van der Waals surface area contributed by atoms with Crippen LogP contribution in [0.25, 0.3) is 11.1 Å². The van der Waals surface area contributed by atoms with Crippen molar-refractivity contribution in [1.82, 2.24) is 4.98 Å². The summed E-state index contributed by atoms with van der Waals surface area (Å²) in [5.41, 5.74) is 5.59. The topological polar surface area (TPSA) is 48.1 Å². The Bertz CT molecular complexity index is 763. The lowest BCUT2D eigenvalue weighted by Gasteiger charge is -2.27. The number of benzene rings is 1. The maximum absolute atomic E-state index is 13.5. The predicted molar refractivity (Wildman–Crippen MR) is 97.1 cm³/mol. The molecule has 3 nitrogen and oxygen atoms in total. The lowest BCUT2D eigenvalue weighted by molar-refractivity contribution is 0.140. The Morgan fingerprint density at radius 1 is 1.04 bits per heavy atom. The molecule has 0 bridgehead atoms. The first-order valence-corrected chi connectivity index (χ1v) is 8.67. The molecule has 7 heteroatoms. The highest BCUT2D eigenvalue weighted by Crippen LogP contribution is 2.34. The number of hydrogen-bond acceptors (Lipinski definition) is 3. The van der Waals surface area contributed by atoms with E-state index in [0.29, 0.717) is 23.5 Å². The second-order valence-electron chi connectivity index (χ2n) is 7.36. The smallest absolute Gasteiger partial charge is 0.280 e. The normalized spacial score (nSPS) is 14.0.